The Hall–Kier alpha value is -0.610. The van der Waals surface area contributed by atoms with Crippen LogP contribution >= 0.6 is 11.3 Å². The van der Waals surface area contributed by atoms with Gasteiger partial charge in [0.15, 0.2) is 5.13 Å². The highest BCUT2D eigenvalue weighted by molar-refractivity contribution is 7.15. The second-order valence-corrected chi connectivity index (χ2v) is 6.70. The molecule has 0 aliphatic heterocycles. The quantitative estimate of drug-likeness (QED) is 0.908. The molecule has 1 aromatic rings. The van der Waals surface area contributed by atoms with E-state index >= 15 is 0 Å². The Balaban J connectivity index is 1.77. The Morgan fingerprint density at radius 3 is 2.56 bits per heavy atom. The fourth-order valence-electron chi connectivity index (χ4n) is 2.92. The Bertz CT molecular complexity index is 408. The zero-order valence-electron chi connectivity index (χ0n) is 11.1. The molecule has 0 bridgehead atoms. The standard InChI is InChI=1S/C14H22N2OS/c1-16(11-5-3-2-4-6-11)14-15-13(10-7-8-10)12(9-17)18-14/h10-11,17H,2-9H2,1H3. The second-order valence-electron chi connectivity index (χ2n) is 5.64. The monoisotopic (exact) mass is 266 g/mol. The minimum atomic E-state index is 0.155. The summed E-state index contributed by atoms with van der Waals surface area (Å²) in [7, 11) is 2.17. The van der Waals surface area contributed by atoms with Crippen molar-refractivity contribution in [3.8, 4) is 0 Å². The molecular formula is C14H22N2OS. The van der Waals surface area contributed by atoms with E-state index in [0.29, 0.717) is 12.0 Å². The number of anilines is 1. The van der Waals surface area contributed by atoms with Gasteiger partial charge in [-0.1, -0.05) is 30.6 Å². The lowest BCUT2D eigenvalue weighted by Crippen LogP contribution is -2.33. The third-order valence-corrected chi connectivity index (χ3v) is 5.39. The van der Waals surface area contributed by atoms with Crippen LogP contribution in [0.3, 0.4) is 0 Å². The largest absolute Gasteiger partial charge is 0.391 e. The van der Waals surface area contributed by atoms with Gasteiger partial charge in [0.1, 0.15) is 0 Å². The van der Waals surface area contributed by atoms with Crippen LogP contribution in [0.4, 0.5) is 5.13 Å². The summed E-state index contributed by atoms with van der Waals surface area (Å²) in [6.45, 7) is 0.155. The maximum absolute atomic E-state index is 9.45. The van der Waals surface area contributed by atoms with E-state index in [0.717, 1.165) is 10.0 Å². The van der Waals surface area contributed by atoms with Crippen LogP contribution in [0.25, 0.3) is 0 Å². The minimum absolute atomic E-state index is 0.155. The molecular weight excluding hydrogens is 244 g/mol. The van der Waals surface area contributed by atoms with Crippen LogP contribution in [0.5, 0.6) is 0 Å². The summed E-state index contributed by atoms with van der Waals surface area (Å²) < 4.78 is 0. The van der Waals surface area contributed by atoms with Gasteiger partial charge in [0.25, 0.3) is 0 Å². The lowest BCUT2D eigenvalue weighted by Gasteiger charge is -2.30. The molecule has 4 heteroatoms. The van der Waals surface area contributed by atoms with Gasteiger partial charge in [0.2, 0.25) is 0 Å². The molecule has 2 saturated carbocycles. The predicted molar refractivity (Wildman–Crippen MR) is 75.3 cm³/mol. The van der Waals surface area contributed by atoms with Crippen LogP contribution in [0.2, 0.25) is 0 Å². The summed E-state index contributed by atoms with van der Waals surface area (Å²) in [6, 6.07) is 0.656. The van der Waals surface area contributed by atoms with Crippen molar-refractivity contribution in [2.24, 2.45) is 0 Å². The first-order valence-corrected chi connectivity index (χ1v) is 7.94. The summed E-state index contributed by atoms with van der Waals surface area (Å²) in [5.74, 6) is 0.636. The molecule has 0 atom stereocenters. The highest BCUT2D eigenvalue weighted by Gasteiger charge is 2.31. The Kier molecular flexibility index (Phi) is 3.57. The highest BCUT2D eigenvalue weighted by Crippen LogP contribution is 2.44. The fourth-order valence-corrected chi connectivity index (χ4v) is 3.95. The highest BCUT2D eigenvalue weighted by atomic mass is 32.1. The van der Waals surface area contributed by atoms with Gasteiger partial charge in [0, 0.05) is 19.0 Å². The molecule has 100 valence electrons. The number of aromatic nitrogens is 1. The lowest BCUT2D eigenvalue weighted by molar-refractivity contribution is 0.284. The first-order valence-electron chi connectivity index (χ1n) is 7.13. The molecule has 0 aromatic carbocycles. The van der Waals surface area contributed by atoms with Crippen molar-refractivity contribution in [1.29, 1.82) is 0 Å². The van der Waals surface area contributed by atoms with Crippen molar-refractivity contribution in [3.05, 3.63) is 10.6 Å². The van der Waals surface area contributed by atoms with Gasteiger partial charge in [-0.25, -0.2) is 4.98 Å². The molecule has 0 spiro atoms. The zero-order chi connectivity index (χ0) is 12.5. The van der Waals surface area contributed by atoms with Crippen molar-refractivity contribution in [2.45, 2.75) is 63.5 Å². The summed E-state index contributed by atoms with van der Waals surface area (Å²) in [5.41, 5.74) is 1.18. The molecule has 0 radical (unpaired) electrons. The maximum atomic E-state index is 9.45. The third-order valence-electron chi connectivity index (χ3n) is 4.25. The van der Waals surface area contributed by atoms with Crippen molar-refractivity contribution >= 4 is 16.5 Å². The second kappa shape index (κ2) is 5.17. The molecule has 3 rings (SSSR count). The minimum Gasteiger partial charge on any atom is -0.391 e. The molecule has 0 saturated heterocycles. The van der Waals surface area contributed by atoms with E-state index in [4.69, 9.17) is 4.98 Å². The first-order chi connectivity index (χ1) is 8.79. The number of aliphatic hydroxyl groups excluding tert-OH is 1. The van der Waals surface area contributed by atoms with Gasteiger partial charge in [-0.3, -0.25) is 0 Å². The first kappa shape index (κ1) is 12.4. The van der Waals surface area contributed by atoms with Gasteiger partial charge >= 0.3 is 0 Å². The molecule has 2 fully saturated rings. The number of nitrogens with zero attached hydrogens (tertiary/aromatic N) is 2. The van der Waals surface area contributed by atoms with E-state index in [-0.39, 0.29) is 6.61 Å². The van der Waals surface area contributed by atoms with E-state index in [9.17, 15) is 5.11 Å². The van der Waals surface area contributed by atoms with Crippen LogP contribution in [0, 0.1) is 0 Å². The van der Waals surface area contributed by atoms with Gasteiger partial charge < -0.3 is 10.0 Å². The van der Waals surface area contributed by atoms with Crippen LogP contribution < -0.4 is 4.90 Å². The molecule has 1 aromatic heterocycles. The van der Waals surface area contributed by atoms with E-state index < -0.39 is 0 Å². The Labute approximate surface area is 113 Å². The summed E-state index contributed by atoms with van der Waals surface area (Å²) in [4.78, 5) is 8.25. The third kappa shape index (κ3) is 2.41. The Morgan fingerprint density at radius 1 is 1.22 bits per heavy atom. The lowest BCUT2D eigenvalue weighted by atomic mass is 9.95. The van der Waals surface area contributed by atoms with Gasteiger partial charge in [-0.2, -0.15) is 0 Å². The summed E-state index contributed by atoms with van der Waals surface area (Å²) in [5, 5.41) is 10.6. The summed E-state index contributed by atoms with van der Waals surface area (Å²) in [6.07, 6.45) is 9.18. The number of hydrogen-bond donors (Lipinski definition) is 1. The van der Waals surface area contributed by atoms with Crippen LogP contribution in [-0.2, 0) is 6.61 Å². The number of hydrogen-bond acceptors (Lipinski definition) is 4. The topological polar surface area (TPSA) is 36.4 Å². The van der Waals surface area contributed by atoms with Crippen LogP contribution in [0.1, 0.15) is 61.4 Å². The average Bonchev–Trinajstić information content (AvgIpc) is 3.18. The fraction of sp³-hybridized carbons (Fsp3) is 0.786. The molecule has 18 heavy (non-hydrogen) atoms. The normalized spacial score (nSPS) is 21.2. The number of aliphatic hydroxyl groups is 1. The van der Waals surface area contributed by atoms with Crippen molar-refractivity contribution in [2.75, 3.05) is 11.9 Å². The van der Waals surface area contributed by atoms with E-state index in [2.05, 4.69) is 11.9 Å². The predicted octanol–water partition coefficient (Wildman–Crippen LogP) is 3.28. The van der Waals surface area contributed by atoms with E-state index in [1.807, 2.05) is 0 Å². The van der Waals surface area contributed by atoms with Crippen LogP contribution in [-0.4, -0.2) is 23.2 Å². The molecule has 2 aliphatic carbocycles. The van der Waals surface area contributed by atoms with E-state index in [1.165, 1.54) is 50.6 Å². The maximum Gasteiger partial charge on any atom is 0.185 e. The molecule has 1 heterocycles. The zero-order valence-corrected chi connectivity index (χ0v) is 11.9. The van der Waals surface area contributed by atoms with Gasteiger partial charge in [-0.15, -0.1) is 0 Å². The van der Waals surface area contributed by atoms with Crippen molar-refractivity contribution in [3.63, 3.8) is 0 Å². The SMILES string of the molecule is CN(c1nc(C2CC2)c(CO)s1)C1CCCCC1. The average molecular weight is 266 g/mol. The molecule has 0 unspecified atom stereocenters. The van der Waals surface area contributed by atoms with Crippen LogP contribution in [0.15, 0.2) is 0 Å². The van der Waals surface area contributed by atoms with E-state index in [1.54, 1.807) is 11.3 Å². The Morgan fingerprint density at radius 2 is 1.94 bits per heavy atom. The molecule has 2 aliphatic rings. The molecule has 3 nitrogen and oxygen atoms in total. The number of thiazole rings is 1. The van der Waals surface area contributed by atoms with Gasteiger partial charge in [0.05, 0.1) is 17.2 Å². The number of rotatable bonds is 4. The smallest absolute Gasteiger partial charge is 0.185 e. The summed E-state index contributed by atoms with van der Waals surface area (Å²) >= 11 is 1.69. The molecule has 0 amide bonds. The van der Waals surface area contributed by atoms with Gasteiger partial charge in [-0.05, 0) is 25.7 Å². The van der Waals surface area contributed by atoms with Crippen molar-refractivity contribution in [1.82, 2.24) is 4.98 Å². The van der Waals surface area contributed by atoms with Crippen molar-refractivity contribution < 1.29 is 5.11 Å². The molecule has 1 N–H and O–H groups in total.